The fourth-order valence-corrected chi connectivity index (χ4v) is 1.40. The zero-order valence-electron chi connectivity index (χ0n) is 6.34. The first-order chi connectivity index (χ1) is 6.16. The molecule has 0 aliphatic carbocycles. The lowest BCUT2D eigenvalue weighted by atomic mass is 10.2. The molecule has 0 amide bonds. The van der Waals surface area contributed by atoms with E-state index in [-0.39, 0.29) is 17.1 Å². The molecule has 1 aromatic carbocycles. The highest BCUT2D eigenvalue weighted by Crippen LogP contribution is 2.28. The van der Waals surface area contributed by atoms with E-state index in [1.54, 1.807) is 0 Å². The van der Waals surface area contributed by atoms with Gasteiger partial charge in [0.2, 0.25) is 0 Å². The second-order valence-electron chi connectivity index (χ2n) is 2.21. The van der Waals surface area contributed by atoms with E-state index in [0.717, 1.165) is 0 Å². The summed E-state index contributed by atoms with van der Waals surface area (Å²) < 4.78 is 13.6. The summed E-state index contributed by atoms with van der Waals surface area (Å²) in [5.41, 5.74) is 8.26. The number of hydrogen-bond acceptors (Lipinski definition) is 1. The lowest BCUT2D eigenvalue weighted by molar-refractivity contribution is 0.610. The van der Waals surface area contributed by atoms with E-state index < -0.39 is 5.82 Å². The van der Waals surface area contributed by atoms with Crippen LogP contribution >= 0.6 is 27.5 Å². The molecular weight excluding hydrogens is 260 g/mol. The van der Waals surface area contributed by atoms with Gasteiger partial charge < -0.3 is 0 Å². The van der Waals surface area contributed by atoms with Crippen LogP contribution in [0.5, 0.6) is 0 Å². The average molecular weight is 264 g/mol. The Bertz CT molecular complexity index is 376. The van der Waals surface area contributed by atoms with Gasteiger partial charge in [-0.25, -0.2) is 4.39 Å². The first-order valence-electron chi connectivity index (χ1n) is 3.30. The van der Waals surface area contributed by atoms with Gasteiger partial charge in [0.25, 0.3) is 0 Å². The van der Waals surface area contributed by atoms with Crippen LogP contribution in [0.1, 0.15) is 5.56 Å². The molecule has 0 saturated carbocycles. The molecule has 13 heavy (non-hydrogen) atoms. The summed E-state index contributed by atoms with van der Waals surface area (Å²) in [4.78, 5) is 2.53. The lowest BCUT2D eigenvalue weighted by Gasteiger charge is -2.03. The Hall–Kier alpha value is -0.770. The molecule has 0 atom stereocenters. The van der Waals surface area contributed by atoms with Gasteiger partial charge in [-0.15, -0.1) is 0 Å². The number of hydrogen-bond donors (Lipinski definition) is 0. The van der Waals surface area contributed by atoms with Gasteiger partial charge in [0.05, 0.1) is 11.6 Å². The Morgan fingerprint density at radius 1 is 1.62 bits per heavy atom. The molecule has 0 aromatic heterocycles. The van der Waals surface area contributed by atoms with Crippen molar-refractivity contribution in [3.8, 4) is 0 Å². The first-order valence-corrected chi connectivity index (χ1v) is 4.47. The van der Waals surface area contributed by atoms with Gasteiger partial charge in [-0.2, -0.15) is 0 Å². The Kier molecular flexibility index (Phi) is 3.54. The average Bonchev–Trinajstić information content (AvgIpc) is 2.12. The van der Waals surface area contributed by atoms with Crippen LogP contribution in [0.2, 0.25) is 5.02 Å². The van der Waals surface area contributed by atoms with E-state index >= 15 is 0 Å². The Morgan fingerprint density at radius 3 is 2.92 bits per heavy atom. The lowest BCUT2D eigenvalue weighted by Crippen LogP contribution is -1.89. The van der Waals surface area contributed by atoms with Crippen molar-refractivity contribution in [2.24, 2.45) is 5.11 Å². The van der Waals surface area contributed by atoms with Gasteiger partial charge >= 0.3 is 0 Å². The third-order valence-corrected chi connectivity index (χ3v) is 2.75. The number of rotatable bonds is 2. The first kappa shape index (κ1) is 10.3. The quantitative estimate of drug-likeness (QED) is 0.335. The highest BCUT2D eigenvalue weighted by atomic mass is 79.9. The van der Waals surface area contributed by atoms with Crippen LogP contribution in [0.3, 0.4) is 0 Å². The fraction of sp³-hybridized carbons (Fsp3) is 0.143. The monoisotopic (exact) mass is 263 g/mol. The van der Waals surface area contributed by atoms with E-state index in [9.17, 15) is 4.39 Å². The third-order valence-electron chi connectivity index (χ3n) is 1.43. The van der Waals surface area contributed by atoms with E-state index in [2.05, 4.69) is 26.0 Å². The summed E-state index contributed by atoms with van der Waals surface area (Å²) >= 11 is 8.90. The molecule has 0 bridgehead atoms. The molecule has 0 aliphatic heterocycles. The highest BCUT2D eigenvalue weighted by molar-refractivity contribution is 9.10. The summed E-state index contributed by atoms with van der Waals surface area (Å²) in [6.45, 7) is -0.0827. The van der Waals surface area contributed by atoms with Gasteiger partial charge in [0.1, 0.15) is 5.82 Å². The van der Waals surface area contributed by atoms with Gasteiger partial charge in [-0.1, -0.05) is 16.7 Å². The van der Waals surface area contributed by atoms with Gasteiger partial charge in [0, 0.05) is 14.9 Å². The van der Waals surface area contributed by atoms with Crippen molar-refractivity contribution in [2.75, 3.05) is 0 Å². The van der Waals surface area contributed by atoms with Crippen molar-refractivity contribution < 1.29 is 4.39 Å². The van der Waals surface area contributed by atoms with Crippen molar-refractivity contribution >= 4 is 27.5 Å². The minimum Gasteiger partial charge on any atom is -0.207 e. The maximum Gasteiger partial charge on any atom is 0.128 e. The van der Waals surface area contributed by atoms with E-state index in [1.807, 2.05) is 0 Å². The predicted molar refractivity (Wildman–Crippen MR) is 52.0 cm³/mol. The Morgan fingerprint density at radius 2 is 2.31 bits per heavy atom. The molecule has 1 aromatic rings. The number of halogens is 3. The van der Waals surface area contributed by atoms with Crippen molar-refractivity contribution in [3.63, 3.8) is 0 Å². The minimum atomic E-state index is -0.472. The van der Waals surface area contributed by atoms with Crippen LogP contribution in [-0.4, -0.2) is 0 Å². The maximum atomic E-state index is 13.1. The zero-order valence-corrected chi connectivity index (χ0v) is 8.68. The zero-order chi connectivity index (χ0) is 9.84. The smallest absolute Gasteiger partial charge is 0.128 e. The number of benzene rings is 1. The second-order valence-corrected chi connectivity index (χ2v) is 3.44. The van der Waals surface area contributed by atoms with Gasteiger partial charge in [-0.3, -0.25) is 0 Å². The van der Waals surface area contributed by atoms with Crippen molar-refractivity contribution in [1.82, 2.24) is 0 Å². The van der Waals surface area contributed by atoms with Gasteiger partial charge in [0.15, 0.2) is 0 Å². The Balaban J connectivity index is 3.16. The van der Waals surface area contributed by atoms with Crippen LogP contribution < -0.4 is 0 Å². The van der Waals surface area contributed by atoms with E-state index in [0.29, 0.717) is 4.47 Å². The topological polar surface area (TPSA) is 48.8 Å². The minimum absolute atomic E-state index is 0.0827. The molecule has 0 spiro atoms. The molecule has 0 N–H and O–H groups in total. The standard InChI is InChI=1S/C7H4BrClFN3/c8-5-1-2-6(10)4(7(5)9)3-12-13-11/h1-2H,3H2. The molecule has 0 heterocycles. The second kappa shape index (κ2) is 4.46. The van der Waals surface area contributed by atoms with Crippen LogP contribution in [-0.2, 0) is 6.54 Å². The maximum absolute atomic E-state index is 13.1. The van der Waals surface area contributed by atoms with Gasteiger partial charge in [-0.05, 0) is 33.6 Å². The summed E-state index contributed by atoms with van der Waals surface area (Å²) in [6, 6.07) is 2.76. The summed E-state index contributed by atoms with van der Waals surface area (Å²) in [5, 5.41) is 3.48. The normalized spacial score (nSPS) is 9.46. The molecule has 68 valence electrons. The van der Waals surface area contributed by atoms with Crippen LogP contribution in [0.25, 0.3) is 10.4 Å². The molecule has 1 rings (SSSR count). The Labute approximate surface area is 87.3 Å². The van der Waals surface area contributed by atoms with E-state index in [1.165, 1.54) is 12.1 Å². The molecule has 0 aliphatic rings. The summed E-state index contributed by atoms with van der Waals surface area (Å²) in [5.74, 6) is -0.472. The van der Waals surface area contributed by atoms with Crippen LogP contribution in [0.4, 0.5) is 4.39 Å². The van der Waals surface area contributed by atoms with Crippen LogP contribution in [0.15, 0.2) is 21.7 Å². The molecule has 0 unspecified atom stereocenters. The highest BCUT2D eigenvalue weighted by Gasteiger charge is 2.08. The van der Waals surface area contributed by atoms with Crippen molar-refractivity contribution in [2.45, 2.75) is 6.54 Å². The molecule has 0 radical (unpaired) electrons. The predicted octanol–water partition coefficient (Wildman–Crippen LogP) is 4.05. The third kappa shape index (κ3) is 2.34. The molecular formula is C7H4BrClFN3. The number of azide groups is 1. The summed E-state index contributed by atoms with van der Waals surface area (Å²) in [6.07, 6.45) is 0. The van der Waals surface area contributed by atoms with Crippen molar-refractivity contribution in [1.29, 1.82) is 0 Å². The summed E-state index contributed by atoms with van der Waals surface area (Å²) in [7, 11) is 0. The van der Waals surface area contributed by atoms with Crippen molar-refractivity contribution in [3.05, 3.63) is 43.5 Å². The largest absolute Gasteiger partial charge is 0.207 e. The van der Waals surface area contributed by atoms with Crippen LogP contribution in [0, 0.1) is 5.82 Å². The SMILES string of the molecule is [N-]=[N+]=NCc1c(F)ccc(Br)c1Cl. The fourth-order valence-electron chi connectivity index (χ4n) is 0.816. The molecule has 3 nitrogen and oxygen atoms in total. The molecule has 6 heteroatoms. The number of nitrogens with zero attached hydrogens (tertiary/aromatic N) is 3. The van der Waals surface area contributed by atoms with E-state index in [4.69, 9.17) is 17.1 Å². The molecule has 0 fully saturated rings. The molecule has 0 saturated heterocycles.